The number of carbonyl (C=O) groups is 1. The summed E-state index contributed by atoms with van der Waals surface area (Å²) < 4.78 is 0. The summed E-state index contributed by atoms with van der Waals surface area (Å²) in [5.74, 6) is -0.0173. The second kappa shape index (κ2) is 6.20. The van der Waals surface area contributed by atoms with Gasteiger partial charge in [-0.2, -0.15) is 0 Å². The number of hydrogen-bond donors (Lipinski definition) is 1. The molecule has 2 aromatic carbocycles. The maximum atomic E-state index is 12.8. The van der Waals surface area contributed by atoms with Crippen molar-refractivity contribution in [2.45, 2.75) is 12.6 Å². The summed E-state index contributed by atoms with van der Waals surface area (Å²) in [5.41, 5.74) is 9.38. The van der Waals surface area contributed by atoms with Crippen molar-refractivity contribution in [2.75, 3.05) is 25.0 Å². The Hall–Kier alpha value is -2.33. The lowest BCUT2D eigenvalue weighted by Crippen LogP contribution is -2.40. The van der Waals surface area contributed by atoms with Crippen molar-refractivity contribution < 1.29 is 4.79 Å². The molecular weight excluding hydrogens is 274 g/mol. The number of anilines is 1. The van der Waals surface area contributed by atoms with Crippen molar-refractivity contribution in [3.8, 4) is 0 Å². The molecule has 1 atom stereocenters. The van der Waals surface area contributed by atoms with Crippen molar-refractivity contribution in [1.29, 1.82) is 0 Å². The molecule has 4 nitrogen and oxygen atoms in total. The average Bonchev–Trinajstić information content (AvgIpc) is 2.74. The molecule has 1 heterocycles. The first-order chi connectivity index (χ1) is 10.7. The number of nitrogens with zero attached hydrogens (tertiary/aromatic N) is 2. The van der Waals surface area contributed by atoms with Gasteiger partial charge in [0.05, 0.1) is 0 Å². The Morgan fingerprint density at radius 1 is 1.05 bits per heavy atom. The van der Waals surface area contributed by atoms with E-state index in [1.54, 1.807) is 0 Å². The maximum absolute atomic E-state index is 12.8. The standard InChI is InChI=1S/C18H21N3O/c1-20-11-12-21(13-15-9-5-6-10-16(15)20)18(22)17(19)14-7-3-2-4-8-14/h2-10,17H,11-13,19H2,1H3. The minimum atomic E-state index is -0.600. The molecule has 1 aliphatic heterocycles. The van der Waals surface area contributed by atoms with E-state index in [0.717, 1.165) is 17.7 Å². The predicted molar refractivity (Wildman–Crippen MR) is 88.5 cm³/mol. The lowest BCUT2D eigenvalue weighted by atomic mass is 10.1. The Labute approximate surface area is 131 Å². The van der Waals surface area contributed by atoms with Crippen LogP contribution in [0.2, 0.25) is 0 Å². The number of fused-ring (bicyclic) bond motifs is 1. The molecular formula is C18H21N3O. The molecule has 22 heavy (non-hydrogen) atoms. The van der Waals surface area contributed by atoms with Gasteiger partial charge in [0.1, 0.15) is 6.04 Å². The molecule has 0 bridgehead atoms. The van der Waals surface area contributed by atoms with E-state index in [1.165, 1.54) is 5.69 Å². The SMILES string of the molecule is CN1CCN(C(=O)C(N)c2ccccc2)Cc2ccccc21. The molecule has 1 amide bonds. The van der Waals surface area contributed by atoms with Crippen LogP contribution in [-0.2, 0) is 11.3 Å². The van der Waals surface area contributed by atoms with E-state index in [1.807, 2.05) is 47.4 Å². The summed E-state index contributed by atoms with van der Waals surface area (Å²) >= 11 is 0. The van der Waals surface area contributed by atoms with Crippen LogP contribution in [0.1, 0.15) is 17.2 Å². The van der Waals surface area contributed by atoms with E-state index in [9.17, 15) is 4.79 Å². The van der Waals surface area contributed by atoms with Gasteiger partial charge in [-0.15, -0.1) is 0 Å². The minimum Gasteiger partial charge on any atom is -0.373 e. The van der Waals surface area contributed by atoms with Gasteiger partial charge in [-0.05, 0) is 17.2 Å². The van der Waals surface area contributed by atoms with Crippen molar-refractivity contribution in [3.05, 3.63) is 65.7 Å². The normalized spacial score (nSPS) is 15.9. The third kappa shape index (κ3) is 2.83. The maximum Gasteiger partial charge on any atom is 0.244 e. The van der Waals surface area contributed by atoms with Crippen LogP contribution < -0.4 is 10.6 Å². The van der Waals surface area contributed by atoms with Gasteiger partial charge in [-0.25, -0.2) is 0 Å². The van der Waals surface area contributed by atoms with Gasteiger partial charge in [0.25, 0.3) is 0 Å². The number of amides is 1. The Morgan fingerprint density at radius 3 is 2.50 bits per heavy atom. The molecule has 0 radical (unpaired) electrons. The van der Waals surface area contributed by atoms with E-state index < -0.39 is 6.04 Å². The van der Waals surface area contributed by atoms with Gasteiger partial charge in [0, 0.05) is 32.4 Å². The van der Waals surface area contributed by atoms with Crippen LogP contribution in [0.4, 0.5) is 5.69 Å². The number of hydrogen-bond acceptors (Lipinski definition) is 3. The smallest absolute Gasteiger partial charge is 0.244 e. The first kappa shape index (κ1) is 14.6. The van der Waals surface area contributed by atoms with E-state index in [2.05, 4.69) is 24.1 Å². The van der Waals surface area contributed by atoms with Gasteiger partial charge >= 0.3 is 0 Å². The van der Waals surface area contributed by atoms with E-state index in [0.29, 0.717) is 13.1 Å². The number of nitrogens with two attached hydrogens (primary N) is 1. The molecule has 2 aromatic rings. The summed E-state index contributed by atoms with van der Waals surface area (Å²) in [7, 11) is 2.06. The Morgan fingerprint density at radius 2 is 1.73 bits per heavy atom. The topological polar surface area (TPSA) is 49.6 Å². The quantitative estimate of drug-likeness (QED) is 0.923. The summed E-state index contributed by atoms with van der Waals surface area (Å²) in [4.78, 5) is 16.8. The lowest BCUT2D eigenvalue weighted by Gasteiger charge is -2.24. The molecule has 1 unspecified atom stereocenters. The summed E-state index contributed by atoms with van der Waals surface area (Å²) in [5, 5.41) is 0. The van der Waals surface area contributed by atoms with E-state index in [-0.39, 0.29) is 5.91 Å². The highest BCUT2D eigenvalue weighted by Gasteiger charge is 2.25. The van der Waals surface area contributed by atoms with Crippen LogP contribution in [0.5, 0.6) is 0 Å². The molecule has 2 N–H and O–H groups in total. The third-order valence-corrected chi connectivity index (χ3v) is 4.21. The fraction of sp³-hybridized carbons (Fsp3) is 0.278. The van der Waals surface area contributed by atoms with Gasteiger partial charge in [0.2, 0.25) is 5.91 Å². The van der Waals surface area contributed by atoms with Crippen molar-refractivity contribution >= 4 is 11.6 Å². The van der Waals surface area contributed by atoms with Crippen molar-refractivity contribution in [2.24, 2.45) is 5.73 Å². The Kier molecular flexibility index (Phi) is 4.11. The second-order valence-corrected chi connectivity index (χ2v) is 5.70. The zero-order valence-corrected chi connectivity index (χ0v) is 12.8. The van der Waals surface area contributed by atoms with Gasteiger partial charge in [-0.3, -0.25) is 4.79 Å². The highest BCUT2D eigenvalue weighted by Crippen LogP contribution is 2.25. The monoisotopic (exact) mass is 295 g/mol. The molecule has 0 spiro atoms. The summed E-state index contributed by atoms with van der Waals surface area (Å²) in [6.45, 7) is 2.11. The van der Waals surface area contributed by atoms with Crippen molar-refractivity contribution in [1.82, 2.24) is 4.90 Å². The number of benzene rings is 2. The number of carbonyl (C=O) groups excluding carboxylic acids is 1. The predicted octanol–water partition coefficient (Wildman–Crippen LogP) is 2.17. The summed E-state index contributed by atoms with van der Waals surface area (Å²) in [6.07, 6.45) is 0. The van der Waals surface area contributed by atoms with E-state index in [4.69, 9.17) is 5.73 Å². The molecule has 0 aromatic heterocycles. The number of para-hydroxylation sites is 1. The fourth-order valence-electron chi connectivity index (χ4n) is 2.88. The largest absolute Gasteiger partial charge is 0.373 e. The van der Waals surface area contributed by atoms with Crippen LogP contribution in [0, 0.1) is 0 Å². The molecule has 0 saturated carbocycles. The Bertz CT molecular complexity index is 656. The molecule has 114 valence electrons. The molecule has 3 rings (SSSR count). The van der Waals surface area contributed by atoms with Crippen LogP contribution in [-0.4, -0.2) is 30.9 Å². The highest BCUT2D eigenvalue weighted by atomic mass is 16.2. The second-order valence-electron chi connectivity index (χ2n) is 5.70. The number of rotatable bonds is 2. The number of likely N-dealkylation sites (N-methyl/N-ethyl adjacent to an activating group) is 1. The van der Waals surface area contributed by atoms with Gasteiger partial charge < -0.3 is 15.5 Å². The first-order valence-corrected chi connectivity index (χ1v) is 7.55. The molecule has 4 heteroatoms. The average molecular weight is 295 g/mol. The Balaban J connectivity index is 1.82. The molecule has 0 saturated heterocycles. The molecule has 1 aliphatic rings. The van der Waals surface area contributed by atoms with Crippen LogP contribution in [0.15, 0.2) is 54.6 Å². The van der Waals surface area contributed by atoms with Crippen LogP contribution in [0.25, 0.3) is 0 Å². The molecule has 0 aliphatic carbocycles. The first-order valence-electron chi connectivity index (χ1n) is 7.55. The zero-order chi connectivity index (χ0) is 15.5. The fourth-order valence-corrected chi connectivity index (χ4v) is 2.88. The summed E-state index contributed by atoms with van der Waals surface area (Å²) in [6, 6.07) is 17.2. The highest BCUT2D eigenvalue weighted by molar-refractivity contribution is 5.83. The van der Waals surface area contributed by atoms with E-state index >= 15 is 0 Å². The molecule has 0 fully saturated rings. The van der Waals surface area contributed by atoms with Crippen LogP contribution >= 0.6 is 0 Å². The zero-order valence-electron chi connectivity index (χ0n) is 12.8. The van der Waals surface area contributed by atoms with Gasteiger partial charge in [-0.1, -0.05) is 48.5 Å². The van der Waals surface area contributed by atoms with Crippen LogP contribution in [0.3, 0.4) is 0 Å². The third-order valence-electron chi connectivity index (χ3n) is 4.21. The lowest BCUT2D eigenvalue weighted by molar-refractivity contribution is -0.133. The van der Waals surface area contributed by atoms with Gasteiger partial charge in [0.15, 0.2) is 0 Å². The van der Waals surface area contributed by atoms with Crippen molar-refractivity contribution in [3.63, 3.8) is 0 Å². The minimum absolute atomic E-state index is 0.0173.